The molecule has 0 aliphatic rings. The van der Waals surface area contributed by atoms with E-state index in [4.69, 9.17) is 5.11 Å². The SMILES string of the molecule is O=C(O)c1ccc2[nH]c(=O)cc(O)c2c1O. The number of aromatic amines is 1. The van der Waals surface area contributed by atoms with Crippen molar-refractivity contribution in [3.8, 4) is 11.5 Å². The highest BCUT2D eigenvalue weighted by Gasteiger charge is 2.15. The standard InChI is InChI=1S/C10H7NO5/c12-6-3-7(13)11-5-2-1-4(10(15)16)9(14)8(5)6/h1-3,14H,(H,15,16)(H2,11,12,13). The summed E-state index contributed by atoms with van der Waals surface area (Å²) >= 11 is 0. The fraction of sp³-hybridized carbons (Fsp3) is 0. The molecule has 6 heteroatoms. The first-order valence-corrected chi connectivity index (χ1v) is 4.32. The molecule has 0 aliphatic heterocycles. The van der Waals surface area contributed by atoms with Crippen molar-refractivity contribution in [2.24, 2.45) is 0 Å². The molecule has 0 saturated heterocycles. The highest BCUT2D eigenvalue weighted by molar-refractivity contribution is 6.01. The van der Waals surface area contributed by atoms with Crippen molar-refractivity contribution >= 4 is 16.9 Å². The highest BCUT2D eigenvalue weighted by Crippen LogP contribution is 2.32. The number of hydrogen-bond donors (Lipinski definition) is 4. The molecule has 16 heavy (non-hydrogen) atoms. The summed E-state index contributed by atoms with van der Waals surface area (Å²) in [4.78, 5) is 24.1. The molecule has 0 fully saturated rings. The number of aromatic nitrogens is 1. The van der Waals surface area contributed by atoms with Crippen LogP contribution in [0.4, 0.5) is 0 Å². The molecule has 2 aromatic rings. The Morgan fingerprint density at radius 1 is 1.25 bits per heavy atom. The van der Waals surface area contributed by atoms with E-state index < -0.39 is 23.0 Å². The number of phenols is 1. The van der Waals surface area contributed by atoms with E-state index in [1.165, 1.54) is 6.07 Å². The van der Waals surface area contributed by atoms with Crippen LogP contribution in [0.15, 0.2) is 23.0 Å². The van der Waals surface area contributed by atoms with Crippen LogP contribution in [0, 0.1) is 0 Å². The number of rotatable bonds is 1. The Balaban J connectivity index is 2.94. The van der Waals surface area contributed by atoms with Gasteiger partial charge in [-0.25, -0.2) is 4.79 Å². The summed E-state index contributed by atoms with van der Waals surface area (Å²) in [6, 6.07) is 3.32. The van der Waals surface area contributed by atoms with Gasteiger partial charge < -0.3 is 20.3 Å². The molecule has 4 N–H and O–H groups in total. The van der Waals surface area contributed by atoms with Crippen LogP contribution >= 0.6 is 0 Å². The Hall–Kier alpha value is -2.50. The molecule has 1 aromatic heterocycles. The summed E-state index contributed by atoms with van der Waals surface area (Å²) in [5.41, 5.74) is -0.699. The summed E-state index contributed by atoms with van der Waals surface area (Å²) in [6.45, 7) is 0. The van der Waals surface area contributed by atoms with Crippen molar-refractivity contribution in [3.63, 3.8) is 0 Å². The predicted octanol–water partition coefficient (Wildman–Crippen LogP) is 0.637. The third-order valence-electron chi connectivity index (χ3n) is 2.19. The number of fused-ring (bicyclic) bond motifs is 1. The quantitative estimate of drug-likeness (QED) is 0.564. The monoisotopic (exact) mass is 221 g/mol. The number of carbonyl (C=O) groups is 1. The van der Waals surface area contributed by atoms with E-state index in [0.29, 0.717) is 0 Å². The van der Waals surface area contributed by atoms with Gasteiger partial charge in [0.25, 0.3) is 5.56 Å². The smallest absolute Gasteiger partial charge is 0.339 e. The zero-order valence-electron chi connectivity index (χ0n) is 7.89. The van der Waals surface area contributed by atoms with E-state index in [2.05, 4.69) is 4.98 Å². The number of carboxylic acids is 1. The predicted molar refractivity (Wildman–Crippen MR) is 54.9 cm³/mol. The van der Waals surface area contributed by atoms with Gasteiger partial charge in [0.1, 0.15) is 17.1 Å². The average molecular weight is 221 g/mol. The van der Waals surface area contributed by atoms with Gasteiger partial charge in [0.05, 0.1) is 10.9 Å². The number of benzene rings is 1. The van der Waals surface area contributed by atoms with Crippen LogP contribution in [0.2, 0.25) is 0 Å². The lowest BCUT2D eigenvalue weighted by atomic mass is 10.1. The van der Waals surface area contributed by atoms with Crippen LogP contribution in [-0.4, -0.2) is 26.3 Å². The number of H-pyrrole nitrogens is 1. The third kappa shape index (κ3) is 1.36. The normalized spacial score (nSPS) is 10.5. The van der Waals surface area contributed by atoms with Gasteiger partial charge in [0, 0.05) is 6.07 Å². The topological polar surface area (TPSA) is 111 Å². The number of aromatic hydroxyl groups is 2. The van der Waals surface area contributed by atoms with E-state index in [9.17, 15) is 19.8 Å². The zero-order valence-corrected chi connectivity index (χ0v) is 7.89. The van der Waals surface area contributed by atoms with Gasteiger partial charge in [-0.1, -0.05) is 0 Å². The lowest BCUT2D eigenvalue weighted by Gasteiger charge is -2.05. The Labute approximate surface area is 88.4 Å². The Morgan fingerprint density at radius 3 is 2.56 bits per heavy atom. The van der Waals surface area contributed by atoms with Gasteiger partial charge in [0.2, 0.25) is 0 Å². The molecule has 0 radical (unpaired) electrons. The molecule has 0 amide bonds. The Bertz CT molecular complexity index is 643. The van der Waals surface area contributed by atoms with E-state index in [-0.39, 0.29) is 16.5 Å². The number of pyridine rings is 1. The second kappa shape index (κ2) is 3.27. The van der Waals surface area contributed by atoms with Crippen LogP contribution < -0.4 is 5.56 Å². The average Bonchev–Trinajstić information content (AvgIpc) is 2.15. The second-order valence-electron chi connectivity index (χ2n) is 3.21. The van der Waals surface area contributed by atoms with Crippen LogP contribution in [0.25, 0.3) is 10.9 Å². The molecule has 1 heterocycles. The molecule has 2 rings (SSSR count). The lowest BCUT2D eigenvalue weighted by molar-refractivity contribution is 0.0694. The summed E-state index contributed by atoms with van der Waals surface area (Å²) in [7, 11) is 0. The van der Waals surface area contributed by atoms with Crippen molar-refractivity contribution in [3.05, 3.63) is 34.1 Å². The van der Waals surface area contributed by atoms with Crippen LogP contribution in [0.1, 0.15) is 10.4 Å². The van der Waals surface area contributed by atoms with Crippen molar-refractivity contribution in [1.29, 1.82) is 0 Å². The molecule has 1 aromatic carbocycles. The number of nitrogens with one attached hydrogen (secondary N) is 1. The van der Waals surface area contributed by atoms with E-state index >= 15 is 0 Å². The summed E-state index contributed by atoms with van der Waals surface area (Å²) in [6.07, 6.45) is 0. The molecule has 6 nitrogen and oxygen atoms in total. The molecule has 0 aliphatic carbocycles. The molecule has 0 spiro atoms. The van der Waals surface area contributed by atoms with Crippen LogP contribution in [0.5, 0.6) is 11.5 Å². The molecule has 0 unspecified atom stereocenters. The first-order valence-electron chi connectivity index (χ1n) is 4.32. The maximum atomic E-state index is 11.0. The highest BCUT2D eigenvalue weighted by atomic mass is 16.4. The molecule has 0 atom stereocenters. The molecular formula is C10H7NO5. The molecule has 0 bridgehead atoms. The fourth-order valence-electron chi connectivity index (χ4n) is 1.49. The van der Waals surface area contributed by atoms with Gasteiger partial charge in [-0.05, 0) is 12.1 Å². The van der Waals surface area contributed by atoms with Crippen molar-refractivity contribution in [2.75, 3.05) is 0 Å². The second-order valence-corrected chi connectivity index (χ2v) is 3.21. The Morgan fingerprint density at radius 2 is 1.94 bits per heavy atom. The number of carboxylic acid groups (broad SMARTS) is 1. The van der Waals surface area contributed by atoms with E-state index in [1.807, 2.05) is 0 Å². The largest absolute Gasteiger partial charge is 0.507 e. The maximum absolute atomic E-state index is 11.0. The maximum Gasteiger partial charge on any atom is 0.339 e. The van der Waals surface area contributed by atoms with E-state index in [1.54, 1.807) is 0 Å². The van der Waals surface area contributed by atoms with Gasteiger partial charge in [-0.3, -0.25) is 4.79 Å². The van der Waals surface area contributed by atoms with Crippen molar-refractivity contribution < 1.29 is 20.1 Å². The molecule has 82 valence electrons. The first-order chi connectivity index (χ1) is 7.50. The van der Waals surface area contributed by atoms with Gasteiger partial charge in [-0.15, -0.1) is 0 Å². The molecule has 0 saturated carbocycles. The number of hydrogen-bond acceptors (Lipinski definition) is 4. The summed E-state index contributed by atoms with van der Waals surface area (Å²) < 4.78 is 0. The van der Waals surface area contributed by atoms with Crippen LogP contribution in [-0.2, 0) is 0 Å². The third-order valence-corrected chi connectivity index (χ3v) is 2.19. The van der Waals surface area contributed by atoms with Gasteiger partial charge in [0.15, 0.2) is 0 Å². The summed E-state index contributed by atoms with van der Waals surface area (Å²) in [5, 5.41) is 27.8. The summed E-state index contributed by atoms with van der Waals surface area (Å²) in [5.74, 6) is -2.34. The first kappa shape index (κ1) is 10.0. The minimum Gasteiger partial charge on any atom is -0.507 e. The Kier molecular flexibility index (Phi) is 2.05. The van der Waals surface area contributed by atoms with Crippen molar-refractivity contribution in [1.82, 2.24) is 4.98 Å². The minimum absolute atomic E-state index is 0.0838. The van der Waals surface area contributed by atoms with Gasteiger partial charge >= 0.3 is 5.97 Å². The van der Waals surface area contributed by atoms with Crippen molar-refractivity contribution in [2.45, 2.75) is 0 Å². The lowest BCUT2D eigenvalue weighted by Crippen LogP contribution is -2.04. The number of aromatic carboxylic acids is 1. The zero-order chi connectivity index (χ0) is 11.9. The van der Waals surface area contributed by atoms with Crippen LogP contribution in [0.3, 0.4) is 0 Å². The van der Waals surface area contributed by atoms with E-state index in [0.717, 1.165) is 12.1 Å². The fourth-order valence-corrected chi connectivity index (χ4v) is 1.49. The van der Waals surface area contributed by atoms with Gasteiger partial charge in [-0.2, -0.15) is 0 Å². The minimum atomic E-state index is -1.31. The molecular weight excluding hydrogens is 214 g/mol.